The molecule has 0 saturated carbocycles. The van der Waals surface area contributed by atoms with Gasteiger partial charge in [0.25, 0.3) is 0 Å². The number of methoxy groups -OCH3 is 1. The van der Waals surface area contributed by atoms with Crippen LogP contribution in [0.3, 0.4) is 0 Å². The quantitative estimate of drug-likeness (QED) is 0.806. The molecule has 142 valence electrons. The lowest BCUT2D eigenvalue weighted by atomic mass is 9.71. The molecule has 3 aliphatic rings. The summed E-state index contributed by atoms with van der Waals surface area (Å²) in [7, 11) is 3.62. The van der Waals surface area contributed by atoms with Crippen LogP contribution in [0.1, 0.15) is 24.8 Å². The lowest BCUT2D eigenvalue weighted by molar-refractivity contribution is -0.156. The summed E-state index contributed by atoms with van der Waals surface area (Å²) in [5, 5.41) is 0.697. The van der Waals surface area contributed by atoms with Gasteiger partial charge in [0, 0.05) is 38.3 Å². The second-order valence-electron chi connectivity index (χ2n) is 7.60. The monoisotopic (exact) mass is 380 g/mol. The van der Waals surface area contributed by atoms with Gasteiger partial charge in [-0.2, -0.15) is 0 Å². The average molecular weight is 381 g/mol. The number of hydrogen-bond acceptors (Lipinski definition) is 5. The summed E-state index contributed by atoms with van der Waals surface area (Å²) < 4.78 is 16.4. The van der Waals surface area contributed by atoms with Crippen LogP contribution in [0.15, 0.2) is 12.1 Å². The summed E-state index contributed by atoms with van der Waals surface area (Å²) in [4.78, 5) is 17.0. The van der Waals surface area contributed by atoms with Gasteiger partial charge >= 0.3 is 0 Å². The number of rotatable bonds is 3. The van der Waals surface area contributed by atoms with Crippen LogP contribution in [0, 0.1) is 5.41 Å². The Morgan fingerprint density at radius 1 is 1.27 bits per heavy atom. The minimum atomic E-state index is -0.275. The first kappa shape index (κ1) is 17.9. The highest BCUT2D eigenvalue weighted by Gasteiger charge is 2.47. The summed E-state index contributed by atoms with van der Waals surface area (Å²) in [6, 6.07) is 3.79. The first-order valence-corrected chi connectivity index (χ1v) is 9.47. The Balaban J connectivity index is 1.43. The lowest BCUT2D eigenvalue weighted by Crippen LogP contribution is -2.56. The van der Waals surface area contributed by atoms with E-state index in [-0.39, 0.29) is 24.2 Å². The fraction of sp³-hybridized carbons (Fsp3) is 0.632. The van der Waals surface area contributed by atoms with Gasteiger partial charge in [0.15, 0.2) is 11.5 Å². The van der Waals surface area contributed by atoms with E-state index in [2.05, 4.69) is 4.90 Å². The van der Waals surface area contributed by atoms with Gasteiger partial charge < -0.3 is 19.1 Å². The van der Waals surface area contributed by atoms with Crippen molar-refractivity contribution in [3.8, 4) is 11.5 Å². The van der Waals surface area contributed by atoms with Gasteiger partial charge in [0.05, 0.1) is 11.5 Å². The molecular formula is C19H25ClN2O4. The minimum absolute atomic E-state index is 0.132. The van der Waals surface area contributed by atoms with Gasteiger partial charge in [-0.1, -0.05) is 11.6 Å². The number of fused-ring (bicyclic) bond motifs is 1. The molecule has 6 nitrogen and oxygen atoms in total. The van der Waals surface area contributed by atoms with E-state index in [0.717, 1.165) is 50.2 Å². The smallest absolute Gasteiger partial charge is 0.231 e. The van der Waals surface area contributed by atoms with Gasteiger partial charge in [0.2, 0.25) is 12.7 Å². The SMILES string of the molecule is COC1CN(C)C(=O)C2(CCN(Cc3cc4c(cc3Cl)OCO4)CC2)C1. The van der Waals surface area contributed by atoms with E-state index in [4.69, 9.17) is 25.8 Å². The van der Waals surface area contributed by atoms with Crippen LogP contribution in [-0.4, -0.2) is 62.4 Å². The van der Waals surface area contributed by atoms with Crippen LogP contribution in [0.25, 0.3) is 0 Å². The van der Waals surface area contributed by atoms with Crippen molar-refractivity contribution in [3.05, 3.63) is 22.7 Å². The van der Waals surface area contributed by atoms with Crippen molar-refractivity contribution in [1.82, 2.24) is 9.80 Å². The minimum Gasteiger partial charge on any atom is -0.454 e. The Morgan fingerprint density at radius 3 is 2.65 bits per heavy atom. The van der Waals surface area contributed by atoms with Crippen LogP contribution in [0.5, 0.6) is 11.5 Å². The van der Waals surface area contributed by atoms with Crippen molar-refractivity contribution in [3.63, 3.8) is 0 Å². The number of likely N-dealkylation sites (tertiary alicyclic amines) is 2. The number of nitrogens with zero attached hydrogens (tertiary/aromatic N) is 2. The number of likely N-dealkylation sites (N-methyl/N-ethyl adjacent to an activating group) is 1. The van der Waals surface area contributed by atoms with E-state index < -0.39 is 0 Å². The Morgan fingerprint density at radius 2 is 1.96 bits per heavy atom. The normalized spacial score (nSPS) is 25.1. The third kappa shape index (κ3) is 3.15. The summed E-state index contributed by atoms with van der Waals surface area (Å²) in [6.07, 6.45) is 2.68. The predicted molar refractivity (Wildman–Crippen MR) is 97.6 cm³/mol. The molecule has 1 atom stereocenters. The number of ether oxygens (including phenoxy) is 3. The van der Waals surface area contributed by atoms with Crippen molar-refractivity contribution in [2.45, 2.75) is 31.9 Å². The fourth-order valence-corrected chi connectivity index (χ4v) is 4.63. The van der Waals surface area contributed by atoms with Crippen LogP contribution in [-0.2, 0) is 16.1 Å². The number of amides is 1. The molecule has 4 rings (SSSR count). The molecule has 0 bridgehead atoms. The van der Waals surface area contributed by atoms with Gasteiger partial charge in [-0.3, -0.25) is 9.69 Å². The van der Waals surface area contributed by atoms with Crippen molar-refractivity contribution in [2.75, 3.05) is 40.6 Å². The maximum Gasteiger partial charge on any atom is 0.231 e. The molecule has 3 heterocycles. The van der Waals surface area contributed by atoms with E-state index in [9.17, 15) is 4.79 Å². The summed E-state index contributed by atoms with van der Waals surface area (Å²) in [5.41, 5.74) is 0.761. The molecule has 1 spiro atoms. The Kier molecular flexibility index (Phi) is 4.75. The second-order valence-corrected chi connectivity index (χ2v) is 8.01. The summed E-state index contributed by atoms with van der Waals surface area (Å²) in [5.74, 6) is 1.73. The van der Waals surface area contributed by atoms with Crippen LogP contribution in [0.2, 0.25) is 5.02 Å². The van der Waals surface area contributed by atoms with Gasteiger partial charge in [-0.15, -0.1) is 0 Å². The standard InChI is InChI=1S/C19H25ClN2O4/c1-21-11-14(24-2)9-19(18(21)23)3-5-22(6-4-19)10-13-7-16-17(8-15(13)20)26-12-25-16/h7-8,14H,3-6,9-12H2,1-2H3. The highest BCUT2D eigenvalue weighted by molar-refractivity contribution is 6.31. The van der Waals surface area contributed by atoms with Crippen LogP contribution in [0.4, 0.5) is 0 Å². The molecule has 1 aromatic rings. The highest BCUT2D eigenvalue weighted by Crippen LogP contribution is 2.42. The molecular weight excluding hydrogens is 356 g/mol. The first-order chi connectivity index (χ1) is 12.5. The summed E-state index contributed by atoms with van der Waals surface area (Å²) in [6.45, 7) is 3.44. The van der Waals surface area contributed by atoms with Gasteiger partial charge in [-0.25, -0.2) is 0 Å². The lowest BCUT2D eigenvalue weighted by Gasteiger charge is -2.47. The van der Waals surface area contributed by atoms with E-state index in [0.29, 0.717) is 17.3 Å². The molecule has 3 aliphatic heterocycles. The molecule has 0 aliphatic carbocycles. The average Bonchev–Trinajstić information content (AvgIpc) is 3.08. The molecule has 0 aromatic heterocycles. The van der Waals surface area contributed by atoms with Gasteiger partial charge in [0.1, 0.15) is 0 Å². The van der Waals surface area contributed by atoms with E-state index in [1.165, 1.54) is 0 Å². The van der Waals surface area contributed by atoms with Gasteiger partial charge in [-0.05, 0) is 44.0 Å². The molecule has 1 aromatic carbocycles. The molecule has 7 heteroatoms. The number of benzene rings is 1. The second kappa shape index (κ2) is 6.91. The molecule has 2 fully saturated rings. The molecule has 2 saturated heterocycles. The topological polar surface area (TPSA) is 51.2 Å². The molecule has 1 amide bonds. The fourth-order valence-electron chi connectivity index (χ4n) is 4.42. The number of halogens is 1. The van der Waals surface area contributed by atoms with Crippen LogP contribution >= 0.6 is 11.6 Å². The first-order valence-electron chi connectivity index (χ1n) is 9.09. The van der Waals surface area contributed by atoms with E-state index in [1.807, 2.05) is 24.1 Å². The molecule has 0 N–H and O–H groups in total. The highest BCUT2D eigenvalue weighted by atomic mass is 35.5. The number of carbonyl (C=O) groups excluding carboxylic acids is 1. The Hall–Kier alpha value is -1.50. The maximum absolute atomic E-state index is 12.8. The Labute approximate surface area is 158 Å². The van der Waals surface area contributed by atoms with Crippen molar-refractivity contribution >= 4 is 17.5 Å². The zero-order valence-electron chi connectivity index (χ0n) is 15.3. The zero-order valence-corrected chi connectivity index (χ0v) is 16.1. The molecule has 1 unspecified atom stereocenters. The molecule has 0 radical (unpaired) electrons. The van der Waals surface area contributed by atoms with E-state index in [1.54, 1.807) is 7.11 Å². The predicted octanol–water partition coefficient (Wildman–Crippen LogP) is 2.53. The Bertz CT molecular complexity index is 703. The number of carbonyl (C=O) groups is 1. The zero-order chi connectivity index (χ0) is 18.3. The third-order valence-corrected chi connectivity index (χ3v) is 6.33. The third-order valence-electron chi connectivity index (χ3n) is 5.98. The van der Waals surface area contributed by atoms with Crippen molar-refractivity contribution in [1.29, 1.82) is 0 Å². The number of piperidine rings is 2. The van der Waals surface area contributed by atoms with E-state index >= 15 is 0 Å². The molecule has 26 heavy (non-hydrogen) atoms. The number of hydrogen-bond donors (Lipinski definition) is 0. The van der Waals surface area contributed by atoms with Crippen LogP contribution < -0.4 is 9.47 Å². The summed E-state index contributed by atoms with van der Waals surface area (Å²) >= 11 is 6.41. The maximum atomic E-state index is 12.8. The van der Waals surface area contributed by atoms with Crippen molar-refractivity contribution in [2.24, 2.45) is 5.41 Å². The largest absolute Gasteiger partial charge is 0.454 e. The van der Waals surface area contributed by atoms with Crippen molar-refractivity contribution < 1.29 is 19.0 Å².